The van der Waals surface area contributed by atoms with Gasteiger partial charge in [0.1, 0.15) is 12.0 Å². The minimum atomic E-state index is -2.89. The van der Waals surface area contributed by atoms with Crippen molar-refractivity contribution in [2.24, 2.45) is 29.6 Å². The summed E-state index contributed by atoms with van der Waals surface area (Å²) < 4.78 is 26.2. The number of aromatic hydroxyl groups is 1. The first-order valence-corrected chi connectivity index (χ1v) is 15.7. The molecule has 11 nitrogen and oxygen atoms in total. The second-order valence-electron chi connectivity index (χ2n) is 12.8. The van der Waals surface area contributed by atoms with Crippen LogP contribution in [0.1, 0.15) is 72.6 Å². The summed E-state index contributed by atoms with van der Waals surface area (Å²) in [6, 6.07) is 4.93. The van der Waals surface area contributed by atoms with E-state index in [-0.39, 0.29) is 42.9 Å². The molecule has 4 fully saturated rings. The number of aromatic nitrogens is 1. The SMILES string of the molecule is CC(C)C.CC1CC(C#N)N(C=O)C1.O=C(NCC(=O)N1CC2CCCC[C@@H]2C1)C1CCC1(F)F.O=CNc1ncccc1O. The molecule has 2 saturated heterocycles. The zero-order valence-corrected chi connectivity index (χ0v) is 26.8. The molecule has 4 aliphatic rings. The highest BCUT2D eigenvalue weighted by Gasteiger charge is 2.52. The topological polar surface area (TPSA) is 156 Å². The number of nitriles is 1. The van der Waals surface area contributed by atoms with Gasteiger partial charge in [0.2, 0.25) is 24.6 Å². The maximum atomic E-state index is 13.1. The van der Waals surface area contributed by atoms with E-state index in [4.69, 9.17) is 10.4 Å². The number of nitrogens with one attached hydrogen (secondary N) is 2. The molecule has 1 aromatic heterocycles. The van der Waals surface area contributed by atoms with Crippen molar-refractivity contribution in [1.82, 2.24) is 20.1 Å². The summed E-state index contributed by atoms with van der Waals surface area (Å²) in [5.41, 5.74) is 0. The lowest BCUT2D eigenvalue weighted by atomic mass is 9.80. The molecule has 2 aliphatic carbocycles. The lowest BCUT2D eigenvalue weighted by Crippen LogP contribution is -2.50. The molecule has 0 spiro atoms. The Morgan fingerprint density at radius 3 is 2.22 bits per heavy atom. The number of hydrogen-bond donors (Lipinski definition) is 3. The molecule has 4 amide bonds. The number of hydrogen-bond acceptors (Lipinski definition) is 7. The molecule has 3 heterocycles. The van der Waals surface area contributed by atoms with Gasteiger partial charge < -0.3 is 25.5 Å². The first-order chi connectivity index (χ1) is 21.3. The molecule has 2 saturated carbocycles. The van der Waals surface area contributed by atoms with Crippen LogP contribution in [0.4, 0.5) is 14.6 Å². The Morgan fingerprint density at radius 2 is 1.78 bits per heavy atom. The molecule has 5 atom stereocenters. The molecule has 3 N–H and O–H groups in total. The summed E-state index contributed by atoms with van der Waals surface area (Å²) in [5, 5.41) is 22.1. The number of amides is 4. The molecule has 0 radical (unpaired) electrons. The Bertz CT molecular complexity index is 1150. The quantitative estimate of drug-likeness (QED) is 0.396. The van der Waals surface area contributed by atoms with E-state index < -0.39 is 17.7 Å². The Kier molecular flexibility index (Phi) is 15.1. The predicted octanol–water partition coefficient (Wildman–Crippen LogP) is 4.19. The molecule has 45 heavy (non-hydrogen) atoms. The molecular formula is C32H48F2N6O5. The van der Waals surface area contributed by atoms with Crippen LogP contribution in [-0.2, 0) is 19.2 Å². The standard InChI is InChI=1S/C15H22F2N2O2.C7H10N2O.C6H6N2O2.C4H10/c16-15(17)6-5-12(15)14(21)18-7-13(20)19-8-10-3-1-2-4-11(10)9-19;1-6-2-7(3-8)9(4-6)5-10;9-4-8-6-5(10)2-1-3-7-6;1-4(2)3/h10-12H,1-9H2,(H,18,21);5-7H,2,4H2,1H3;1-4,10H,(H,7,8,9);4H,1-3H3/t10-,11?,12?;;;/m1.../s1. The minimum absolute atomic E-state index is 0.0328. The number of likely N-dealkylation sites (tertiary alicyclic amines) is 2. The van der Waals surface area contributed by atoms with Crippen molar-refractivity contribution in [3.8, 4) is 11.8 Å². The van der Waals surface area contributed by atoms with E-state index in [0.717, 1.165) is 38.4 Å². The van der Waals surface area contributed by atoms with E-state index in [9.17, 15) is 28.0 Å². The Hall–Kier alpha value is -3.82. The Labute approximate surface area is 264 Å². The van der Waals surface area contributed by atoms with Crippen LogP contribution in [-0.4, -0.2) is 82.7 Å². The van der Waals surface area contributed by atoms with Crippen LogP contribution in [0.15, 0.2) is 18.3 Å². The fourth-order valence-corrected chi connectivity index (χ4v) is 5.72. The van der Waals surface area contributed by atoms with Gasteiger partial charge >= 0.3 is 0 Å². The number of fused-ring (bicyclic) bond motifs is 1. The highest BCUT2D eigenvalue weighted by atomic mass is 19.3. The molecule has 4 unspecified atom stereocenters. The number of alkyl halides is 2. The van der Waals surface area contributed by atoms with Crippen LogP contribution >= 0.6 is 0 Å². The number of carbonyl (C=O) groups excluding carboxylic acids is 4. The first-order valence-electron chi connectivity index (χ1n) is 15.7. The lowest BCUT2D eigenvalue weighted by molar-refractivity contribution is -0.163. The van der Waals surface area contributed by atoms with E-state index in [1.165, 1.54) is 37.9 Å². The number of nitrogens with zero attached hydrogens (tertiary/aromatic N) is 4. The molecular weight excluding hydrogens is 586 g/mol. The number of halogens is 2. The van der Waals surface area contributed by atoms with Crippen molar-refractivity contribution in [3.05, 3.63) is 18.3 Å². The average Bonchev–Trinajstić information content (AvgIpc) is 3.60. The normalized spacial score (nSPS) is 25.7. The molecule has 13 heteroatoms. The van der Waals surface area contributed by atoms with E-state index in [0.29, 0.717) is 24.2 Å². The van der Waals surface area contributed by atoms with E-state index >= 15 is 0 Å². The molecule has 2 aliphatic heterocycles. The maximum absolute atomic E-state index is 13.1. The van der Waals surface area contributed by atoms with Crippen LogP contribution in [0.3, 0.4) is 0 Å². The molecule has 0 aromatic carbocycles. The summed E-state index contributed by atoms with van der Waals surface area (Å²) in [7, 11) is 0. The number of pyridine rings is 1. The van der Waals surface area contributed by atoms with Gasteiger partial charge in [-0.2, -0.15) is 5.26 Å². The second kappa shape index (κ2) is 18.2. The van der Waals surface area contributed by atoms with Crippen LogP contribution in [0, 0.1) is 40.9 Å². The predicted molar refractivity (Wildman–Crippen MR) is 165 cm³/mol. The molecule has 0 bridgehead atoms. The summed E-state index contributed by atoms with van der Waals surface area (Å²) in [5.74, 6) is -2.32. The molecule has 5 rings (SSSR count). The van der Waals surface area contributed by atoms with Crippen molar-refractivity contribution in [1.29, 1.82) is 5.26 Å². The van der Waals surface area contributed by atoms with Gasteiger partial charge in [0.25, 0.3) is 5.92 Å². The molecule has 250 valence electrons. The van der Waals surface area contributed by atoms with Crippen LogP contribution in [0.5, 0.6) is 5.75 Å². The van der Waals surface area contributed by atoms with Gasteiger partial charge in [0.05, 0.1) is 12.6 Å². The number of anilines is 1. The van der Waals surface area contributed by atoms with Gasteiger partial charge in [-0.3, -0.25) is 19.2 Å². The summed E-state index contributed by atoms with van der Waals surface area (Å²) in [6.07, 6.45) is 8.33. The highest BCUT2D eigenvalue weighted by Crippen LogP contribution is 2.43. The van der Waals surface area contributed by atoms with Gasteiger partial charge in [0.15, 0.2) is 11.6 Å². The summed E-state index contributed by atoms with van der Waals surface area (Å²) >= 11 is 0. The fraction of sp³-hybridized carbons (Fsp3) is 0.688. The highest BCUT2D eigenvalue weighted by molar-refractivity contribution is 5.87. The van der Waals surface area contributed by atoms with Gasteiger partial charge in [0, 0.05) is 32.3 Å². The Morgan fingerprint density at radius 1 is 1.16 bits per heavy atom. The lowest BCUT2D eigenvalue weighted by Gasteiger charge is -2.34. The third-order valence-corrected chi connectivity index (χ3v) is 8.15. The monoisotopic (exact) mass is 634 g/mol. The van der Waals surface area contributed by atoms with Crippen LogP contribution in [0.25, 0.3) is 0 Å². The maximum Gasteiger partial charge on any atom is 0.259 e. The largest absolute Gasteiger partial charge is 0.504 e. The molecule has 1 aromatic rings. The van der Waals surface area contributed by atoms with Crippen molar-refractivity contribution >= 4 is 30.5 Å². The van der Waals surface area contributed by atoms with Crippen molar-refractivity contribution in [2.75, 3.05) is 31.5 Å². The summed E-state index contributed by atoms with van der Waals surface area (Å²) in [4.78, 5) is 50.9. The zero-order chi connectivity index (χ0) is 33.6. The van der Waals surface area contributed by atoms with Crippen molar-refractivity contribution < 1.29 is 33.1 Å². The van der Waals surface area contributed by atoms with E-state index in [2.05, 4.69) is 42.5 Å². The van der Waals surface area contributed by atoms with Gasteiger partial charge in [-0.25, -0.2) is 13.8 Å². The number of carbonyl (C=O) groups is 4. The van der Waals surface area contributed by atoms with Gasteiger partial charge in [-0.05, 0) is 61.5 Å². The average molecular weight is 635 g/mol. The number of rotatable bonds is 6. The van der Waals surface area contributed by atoms with E-state index in [1.807, 2.05) is 6.92 Å². The Balaban J connectivity index is 0.000000246. The van der Waals surface area contributed by atoms with Crippen LogP contribution in [0.2, 0.25) is 0 Å². The third-order valence-electron chi connectivity index (χ3n) is 8.15. The third kappa shape index (κ3) is 11.9. The first kappa shape index (κ1) is 37.4. The zero-order valence-electron chi connectivity index (χ0n) is 26.8. The smallest absolute Gasteiger partial charge is 0.259 e. The van der Waals surface area contributed by atoms with Gasteiger partial charge in [-0.15, -0.1) is 0 Å². The van der Waals surface area contributed by atoms with Crippen molar-refractivity contribution in [3.63, 3.8) is 0 Å². The van der Waals surface area contributed by atoms with Crippen LogP contribution < -0.4 is 10.6 Å². The summed E-state index contributed by atoms with van der Waals surface area (Å²) in [6.45, 7) is 10.7. The van der Waals surface area contributed by atoms with Gasteiger partial charge in [-0.1, -0.05) is 40.5 Å². The van der Waals surface area contributed by atoms with E-state index in [1.54, 1.807) is 15.9 Å². The fourth-order valence-electron chi connectivity index (χ4n) is 5.72. The minimum Gasteiger partial charge on any atom is -0.504 e. The second-order valence-corrected chi connectivity index (χ2v) is 12.8. The van der Waals surface area contributed by atoms with Crippen molar-refractivity contribution in [2.45, 2.75) is 84.6 Å².